The molecule has 2 heterocycles. The molecular formula is C26H33FN4O2. The number of piperidine rings is 1. The second kappa shape index (κ2) is 10.8. The summed E-state index contributed by atoms with van der Waals surface area (Å²) in [5, 5.41) is 5.46. The summed E-state index contributed by atoms with van der Waals surface area (Å²) in [7, 11) is 2.13. The maximum atomic E-state index is 13.0. The second-order valence-electron chi connectivity index (χ2n) is 9.04. The van der Waals surface area contributed by atoms with E-state index in [1.807, 2.05) is 0 Å². The van der Waals surface area contributed by atoms with Crippen LogP contribution >= 0.6 is 0 Å². The van der Waals surface area contributed by atoms with Crippen LogP contribution in [0.25, 0.3) is 0 Å². The molecule has 1 unspecified atom stereocenters. The van der Waals surface area contributed by atoms with Crippen molar-refractivity contribution in [2.75, 3.05) is 38.1 Å². The molecule has 0 aliphatic carbocycles. The van der Waals surface area contributed by atoms with E-state index >= 15 is 0 Å². The molecule has 6 nitrogen and oxygen atoms in total. The molecule has 0 radical (unpaired) electrons. The van der Waals surface area contributed by atoms with Crippen LogP contribution in [0.5, 0.6) is 0 Å². The van der Waals surface area contributed by atoms with Gasteiger partial charge in [0.25, 0.3) is 0 Å². The number of hydrogen-bond acceptors (Lipinski definition) is 4. The van der Waals surface area contributed by atoms with Crippen LogP contribution in [0.1, 0.15) is 48.4 Å². The molecular weight excluding hydrogens is 419 g/mol. The molecule has 0 saturated carbocycles. The molecule has 0 bridgehead atoms. The summed E-state index contributed by atoms with van der Waals surface area (Å²) in [6.07, 6.45) is 5.74. The average molecular weight is 453 g/mol. The number of rotatable bonds is 6. The van der Waals surface area contributed by atoms with E-state index in [-0.39, 0.29) is 18.4 Å². The second-order valence-corrected chi connectivity index (χ2v) is 9.04. The van der Waals surface area contributed by atoms with E-state index in [0.717, 1.165) is 50.9 Å². The fourth-order valence-electron chi connectivity index (χ4n) is 4.83. The Hall–Kier alpha value is -2.93. The Kier molecular flexibility index (Phi) is 7.60. The molecule has 4 rings (SSSR count). The van der Waals surface area contributed by atoms with E-state index in [2.05, 4.69) is 45.7 Å². The Morgan fingerprint density at radius 3 is 2.42 bits per heavy atom. The minimum Gasteiger partial charge on any atom is -0.374 e. The standard InChI is InChI=1S/C26H33FN4O2/c1-30-13-5-6-20-16-21(9-12-23(20)30)24(31-14-3-2-4-15-31)18-29-26(33)25(32)28-17-19-7-10-22(27)11-8-19/h7-12,16,24H,2-6,13-15,17-18H2,1H3,(H,28,32)(H,29,33). The first-order valence-electron chi connectivity index (χ1n) is 11.9. The molecule has 1 saturated heterocycles. The zero-order chi connectivity index (χ0) is 23.2. The van der Waals surface area contributed by atoms with E-state index in [9.17, 15) is 14.0 Å². The van der Waals surface area contributed by atoms with Gasteiger partial charge in [0.1, 0.15) is 5.82 Å². The number of fused-ring (bicyclic) bond motifs is 1. The summed E-state index contributed by atoms with van der Waals surface area (Å²) in [5.74, 6) is -1.65. The maximum Gasteiger partial charge on any atom is 0.309 e. The van der Waals surface area contributed by atoms with Gasteiger partial charge in [-0.05, 0) is 73.7 Å². The van der Waals surface area contributed by atoms with Gasteiger partial charge in [-0.25, -0.2) is 4.39 Å². The molecule has 2 aliphatic rings. The first-order chi connectivity index (χ1) is 16.0. The van der Waals surface area contributed by atoms with E-state index in [1.165, 1.54) is 35.4 Å². The van der Waals surface area contributed by atoms with E-state index in [1.54, 1.807) is 12.1 Å². The zero-order valence-corrected chi connectivity index (χ0v) is 19.3. The highest BCUT2D eigenvalue weighted by Gasteiger charge is 2.25. The summed E-state index contributed by atoms with van der Waals surface area (Å²) in [4.78, 5) is 29.5. The number of nitrogens with zero attached hydrogens (tertiary/aromatic N) is 2. The van der Waals surface area contributed by atoms with Crippen LogP contribution in [0.3, 0.4) is 0 Å². The topological polar surface area (TPSA) is 64.7 Å². The van der Waals surface area contributed by atoms with E-state index in [0.29, 0.717) is 6.54 Å². The number of anilines is 1. The van der Waals surface area contributed by atoms with Gasteiger partial charge in [0.15, 0.2) is 0 Å². The predicted octanol–water partition coefficient (Wildman–Crippen LogP) is 3.17. The molecule has 7 heteroatoms. The number of benzene rings is 2. The smallest absolute Gasteiger partial charge is 0.309 e. The van der Waals surface area contributed by atoms with Crippen LogP contribution in [0, 0.1) is 5.82 Å². The Bertz CT molecular complexity index is 973. The molecule has 2 aromatic rings. The molecule has 176 valence electrons. The Labute approximate surface area is 195 Å². The number of likely N-dealkylation sites (tertiary alicyclic amines) is 1. The molecule has 0 aromatic heterocycles. The van der Waals surface area contributed by atoms with Gasteiger partial charge in [-0.15, -0.1) is 0 Å². The monoisotopic (exact) mass is 452 g/mol. The molecule has 2 aromatic carbocycles. The van der Waals surface area contributed by atoms with Gasteiger partial charge in [-0.3, -0.25) is 14.5 Å². The molecule has 2 N–H and O–H groups in total. The number of halogens is 1. The third-order valence-electron chi connectivity index (χ3n) is 6.70. The minimum absolute atomic E-state index is 0.0386. The van der Waals surface area contributed by atoms with Crippen LogP contribution in [0.15, 0.2) is 42.5 Å². The summed E-state index contributed by atoms with van der Waals surface area (Å²) in [6, 6.07) is 12.5. The van der Waals surface area contributed by atoms with Crippen molar-refractivity contribution in [2.24, 2.45) is 0 Å². The SMILES string of the molecule is CN1CCCc2cc(C(CNC(=O)C(=O)NCc3ccc(F)cc3)N3CCCCC3)ccc21. The van der Waals surface area contributed by atoms with Crippen molar-refractivity contribution in [3.8, 4) is 0 Å². The molecule has 1 fully saturated rings. The summed E-state index contributed by atoms with van der Waals surface area (Å²) < 4.78 is 13.0. The van der Waals surface area contributed by atoms with Gasteiger partial charge in [0, 0.05) is 32.4 Å². The van der Waals surface area contributed by atoms with Crippen molar-refractivity contribution in [1.82, 2.24) is 15.5 Å². The van der Waals surface area contributed by atoms with Crippen LogP contribution < -0.4 is 15.5 Å². The Balaban J connectivity index is 1.40. The molecule has 0 spiro atoms. The highest BCUT2D eigenvalue weighted by atomic mass is 19.1. The lowest BCUT2D eigenvalue weighted by Gasteiger charge is -2.36. The maximum absolute atomic E-state index is 13.0. The first kappa shape index (κ1) is 23.2. The third kappa shape index (κ3) is 5.90. The van der Waals surface area contributed by atoms with Crippen molar-refractivity contribution in [1.29, 1.82) is 0 Å². The minimum atomic E-state index is -0.677. The molecule has 2 aliphatic heterocycles. The highest BCUT2D eigenvalue weighted by molar-refractivity contribution is 6.35. The number of amides is 2. The van der Waals surface area contributed by atoms with Gasteiger partial charge in [-0.2, -0.15) is 0 Å². The van der Waals surface area contributed by atoms with E-state index < -0.39 is 11.8 Å². The van der Waals surface area contributed by atoms with Crippen LogP contribution in [-0.2, 0) is 22.6 Å². The summed E-state index contributed by atoms with van der Waals surface area (Å²) >= 11 is 0. The van der Waals surface area contributed by atoms with Crippen LogP contribution in [0.2, 0.25) is 0 Å². The Morgan fingerprint density at radius 2 is 1.67 bits per heavy atom. The number of aryl methyl sites for hydroxylation is 1. The number of hydrogen-bond donors (Lipinski definition) is 2. The predicted molar refractivity (Wildman–Crippen MR) is 127 cm³/mol. The highest BCUT2D eigenvalue weighted by Crippen LogP contribution is 2.31. The molecule has 33 heavy (non-hydrogen) atoms. The summed E-state index contributed by atoms with van der Waals surface area (Å²) in [5.41, 5.74) is 4.57. The van der Waals surface area contributed by atoms with Crippen molar-refractivity contribution in [3.63, 3.8) is 0 Å². The summed E-state index contributed by atoms with van der Waals surface area (Å²) in [6.45, 7) is 3.63. The number of carbonyl (C=O) groups is 2. The quantitative estimate of drug-likeness (QED) is 0.661. The first-order valence-corrected chi connectivity index (χ1v) is 11.9. The number of carbonyl (C=O) groups excluding carboxylic acids is 2. The van der Waals surface area contributed by atoms with Gasteiger partial charge < -0.3 is 15.5 Å². The lowest BCUT2D eigenvalue weighted by atomic mass is 9.95. The fourth-order valence-corrected chi connectivity index (χ4v) is 4.83. The van der Waals surface area contributed by atoms with Crippen LogP contribution in [0.4, 0.5) is 10.1 Å². The van der Waals surface area contributed by atoms with Gasteiger partial charge in [0.2, 0.25) is 0 Å². The van der Waals surface area contributed by atoms with E-state index in [4.69, 9.17) is 0 Å². The zero-order valence-electron chi connectivity index (χ0n) is 19.3. The third-order valence-corrected chi connectivity index (χ3v) is 6.70. The van der Waals surface area contributed by atoms with Crippen molar-refractivity contribution >= 4 is 17.5 Å². The fraction of sp³-hybridized carbons (Fsp3) is 0.462. The largest absolute Gasteiger partial charge is 0.374 e. The lowest BCUT2D eigenvalue weighted by molar-refractivity contribution is -0.139. The van der Waals surface area contributed by atoms with Gasteiger partial charge >= 0.3 is 11.8 Å². The van der Waals surface area contributed by atoms with Gasteiger partial charge in [0.05, 0.1) is 6.04 Å². The lowest BCUT2D eigenvalue weighted by Crippen LogP contribution is -2.45. The molecule has 1 atom stereocenters. The van der Waals surface area contributed by atoms with Crippen molar-refractivity contribution in [3.05, 3.63) is 65.0 Å². The normalized spacial score (nSPS) is 17.2. The van der Waals surface area contributed by atoms with Crippen molar-refractivity contribution in [2.45, 2.75) is 44.7 Å². The van der Waals surface area contributed by atoms with Crippen LogP contribution in [-0.4, -0.2) is 49.9 Å². The van der Waals surface area contributed by atoms with Gasteiger partial charge in [-0.1, -0.05) is 30.7 Å². The number of nitrogens with one attached hydrogen (secondary N) is 2. The Morgan fingerprint density at radius 1 is 0.939 bits per heavy atom. The average Bonchev–Trinajstić information content (AvgIpc) is 2.84. The van der Waals surface area contributed by atoms with Crippen molar-refractivity contribution < 1.29 is 14.0 Å². The molecule has 2 amide bonds.